The molecule has 1 aromatic carbocycles. The number of aromatic nitrogens is 4. The van der Waals surface area contributed by atoms with Crippen LogP contribution < -0.4 is 15.2 Å². The molecular weight excluding hydrogens is 474 g/mol. The van der Waals surface area contributed by atoms with Crippen molar-refractivity contribution in [3.63, 3.8) is 0 Å². The summed E-state index contributed by atoms with van der Waals surface area (Å²) in [6.07, 6.45) is 3.06. The molecular formula is C24H24F2N6O4. The fourth-order valence-corrected chi connectivity index (χ4v) is 4.26. The number of benzene rings is 1. The van der Waals surface area contributed by atoms with E-state index < -0.39 is 17.2 Å². The first-order chi connectivity index (χ1) is 17.3. The third-order valence-electron chi connectivity index (χ3n) is 5.95. The van der Waals surface area contributed by atoms with Crippen molar-refractivity contribution >= 4 is 22.8 Å². The van der Waals surface area contributed by atoms with Crippen LogP contribution in [-0.4, -0.2) is 71.1 Å². The van der Waals surface area contributed by atoms with Gasteiger partial charge in [-0.15, -0.1) is 0 Å². The van der Waals surface area contributed by atoms with E-state index in [1.54, 1.807) is 16.7 Å². The van der Waals surface area contributed by atoms with E-state index in [2.05, 4.69) is 33.5 Å². The standard InChI is InChI=1S/C24H24F2N6O4/c1-5-19(33)31-10-13(8-14(31)11-34-2)32-24-20(23(27)28-12-29-24)16(30-32)7-6-15-21(25)17(35-3)9-18(36-4)22(15)26/h5,9,12-14H,1,8,10-11H2,2-4H3,(H2,27,28,29)/t13-,14+/m0/s1. The molecule has 0 aliphatic carbocycles. The summed E-state index contributed by atoms with van der Waals surface area (Å²) in [5.41, 5.74) is 6.06. The Morgan fingerprint density at radius 2 is 1.92 bits per heavy atom. The predicted octanol–water partition coefficient (Wildman–Crippen LogP) is 2.08. The average molecular weight is 498 g/mol. The number of carbonyl (C=O) groups excluding carboxylic acids is 1. The van der Waals surface area contributed by atoms with Crippen molar-refractivity contribution in [3.05, 3.63) is 47.9 Å². The van der Waals surface area contributed by atoms with Crippen LogP contribution in [0.15, 0.2) is 25.0 Å². The second-order valence-corrected chi connectivity index (χ2v) is 7.98. The van der Waals surface area contributed by atoms with Crippen LogP contribution in [0.3, 0.4) is 0 Å². The van der Waals surface area contributed by atoms with E-state index >= 15 is 0 Å². The molecule has 1 saturated heterocycles. The number of anilines is 1. The van der Waals surface area contributed by atoms with Crippen LogP contribution in [0.2, 0.25) is 0 Å². The molecule has 12 heteroatoms. The van der Waals surface area contributed by atoms with Crippen LogP contribution in [0.1, 0.15) is 23.7 Å². The molecule has 0 radical (unpaired) electrons. The molecule has 3 heterocycles. The van der Waals surface area contributed by atoms with E-state index in [4.69, 9.17) is 19.9 Å². The molecule has 4 rings (SSSR count). The fraction of sp³-hybridized carbons (Fsp3) is 0.333. The van der Waals surface area contributed by atoms with Gasteiger partial charge in [-0.3, -0.25) is 4.79 Å². The van der Waals surface area contributed by atoms with E-state index in [9.17, 15) is 13.6 Å². The maximum atomic E-state index is 14.8. The Hall–Kier alpha value is -4.24. The van der Waals surface area contributed by atoms with Gasteiger partial charge in [0.2, 0.25) is 5.91 Å². The van der Waals surface area contributed by atoms with Crippen LogP contribution in [-0.2, 0) is 9.53 Å². The highest BCUT2D eigenvalue weighted by atomic mass is 19.1. The topological polar surface area (TPSA) is 118 Å². The smallest absolute Gasteiger partial charge is 0.246 e. The second-order valence-electron chi connectivity index (χ2n) is 7.98. The Morgan fingerprint density at radius 3 is 2.53 bits per heavy atom. The number of nitrogen functional groups attached to an aromatic ring is 1. The molecule has 1 amide bonds. The Balaban J connectivity index is 1.82. The zero-order valence-corrected chi connectivity index (χ0v) is 19.9. The first-order valence-corrected chi connectivity index (χ1v) is 10.9. The van der Waals surface area contributed by atoms with Crippen molar-refractivity contribution in [1.29, 1.82) is 0 Å². The number of likely N-dealkylation sites (tertiary alicyclic amines) is 1. The SMILES string of the molecule is C=CC(=O)N1C[C@@H](n2nc(C#Cc3c(F)c(OC)cc(OC)c3F)c3c(N)ncnc32)C[C@@H]1COC. The van der Waals surface area contributed by atoms with Gasteiger partial charge in [-0.2, -0.15) is 5.10 Å². The number of carbonyl (C=O) groups is 1. The largest absolute Gasteiger partial charge is 0.493 e. The normalized spacial score (nSPS) is 17.1. The highest BCUT2D eigenvalue weighted by Crippen LogP contribution is 2.33. The number of nitrogens with zero attached hydrogens (tertiary/aromatic N) is 5. The molecule has 1 aliphatic heterocycles. The Morgan fingerprint density at radius 1 is 1.22 bits per heavy atom. The lowest BCUT2D eigenvalue weighted by atomic mass is 10.1. The van der Waals surface area contributed by atoms with Crippen molar-refractivity contribution in [2.75, 3.05) is 40.2 Å². The van der Waals surface area contributed by atoms with Gasteiger partial charge in [0.1, 0.15) is 23.4 Å². The van der Waals surface area contributed by atoms with E-state index in [0.29, 0.717) is 30.6 Å². The van der Waals surface area contributed by atoms with Gasteiger partial charge in [-0.25, -0.2) is 23.4 Å². The van der Waals surface area contributed by atoms with Crippen molar-refractivity contribution < 1.29 is 27.8 Å². The number of methoxy groups -OCH3 is 3. The van der Waals surface area contributed by atoms with Crippen molar-refractivity contribution in [2.45, 2.75) is 18.5 Å². The van der Waals surface area contributed by atoms with Crippen LogP contribution >= 0.6 is 0 Å². The third kappa shape index (κ3) is 4.29. The molecule has 0 spiro atoms. The molecule has 0 unspecified atom stereocenters. The summed E-state index contributed by atoms with van der Waals surface area (Å²) in [4.78, 5) is 22.4. The summed E-state index contributed by atoms with van der Waals surface area (Å²) in [6, 6.07) is 0.608. The lowest BCUT2D eigenvalue weighted by Crippen LogP contribution is -2.37. The molecule has 0 bridgehead atoms. The van der Waals surface area contributed by atoms with E-state index in [-0.39, 0.29) is 41.0 Å². The minimum atomic E-state index is -0.979. The summed E-state index contributed by atoms with van der Waals surface area (Å²) in [5, 5.41) is 4.89. The average Bonchev–Trinajstić information content (AvgIpc) is 3.46. The van der Waals surface area contributed by atoms with Gasteiger partial charge in [0.15, 0.2) is 28.8 Å². The van der Waals surface area contributed by atoms with Gasteiger partial charge < -0.3 is 24.8 Å². The molecule has 3 aromatic rings. The number of rotatable bonds is 6. The van der Waals surface area contributed by atoms with E-state index in [1.807, 2.05) is 0 Å². The molecule has 2 atom stereocenters. The van der Waals surface area contributed by atoms with Crippen molar-refractivity contribution in [1.82, 2.24) is 24.6 Å². The molecule has 1 aliphatic rings. The first-order valence-electron chi connectivity index (χ1n) is 10.9. The predicted molar refractivity (Wildman–Crippen MR) is 126 cm³/mol. The minimum Gasteiger partial charge on any atom is -0.493 e. The lowest BCUT2D eigenvalue weighted by molar-refractivity contribution is -0.127. The summed E-state index contributed by atoms with van der Waals surface area (Å²) >= 11 is 0. The monoisotopic (exact) mass is 498 g/mol. The van der Waals surface area contributed by atoms with Gasteiger partial charge in [0.25, 0.3) is 0 Å². The summed E-state index contributed by atoms with van der Waals surface area (Å²) in [7, 11) is 4.05. The number of nitrogens with two attached hydrogens (primary N) is 1. The summed E-state index contributed by atoms with van der Waals surface area (Å²) < 4.78 is 46.4. The number of amides is 1. The number of hydrogen-bond acceptors (Lipinski definition) is 8. The number of ether oxygens (including phenoxy) is 3. The molecule has 0 saturated carbocycles. The van der Waals surface area contributed by atoms with Gasteiger partial charge in [0.05, 0.1) is 38.3 Å². The Bertz CT molecular complexity index is 1370. The molecule has 36 heavy (non-hydrogen) atoms. The van der Waals surface area contributed by atoms with Gasteiger partial charge in [-0.05, 0) is 18.4 Å². The van der Waals surface area contributed by atoms with Gasteiger partial charge in [-0.1, -0.05) is 12.5 Å². The van der Waals surface area contributed by atoms with E-state index in [0.717, 1.165) is 6.07 Å². The third-order valence-corrected chi connectivity index (χ3v) is 5.95. The Labute approximate surface area is 205 Å². The fourth-order valence-electron chi connectivity index (χ4n) is 4.26. The zero-order valence-electron chi connectivity index (χ0n) is 19.9. The maximum Gasteiger partial charge on any atom is 0.246 e. The minimum absolute atomic E-state index is 0.102. The van der Waals surface area contributed by atoms with E-state index in [1.165, 1.54) is 26.6 Å². The quantitative estimate of drug-likeness (QED) is 0.406. The number of halogens is 2. The van der Waals surface area contributed by atoms with Crippen LogP contribution in [0.5, 0.6) is 11.5 Å². The first kappa shape index (κ1) is 24.9. The second kappa shape index (κ2) is 10.2. The van der Waals surface area contributed by atoms with Crippen molar-refractivity contribution in [2.24, 2.45) is 0 Å². The van der Waals surface area contributed by atoms with Crippen LogP contribution in [0.25, 0.3) is 11.0 Å². The maximum absolute atomic E-state index is 14.8. The van der Waals surface area contributed by atoms with Gasteiger partial charge in [0, 0.05) is 19.7 Å². The number of hydrogen-bond donors (Lipinski definition) is 1. The van der Waals surface area contributed by atoms with Gasteiger partial charge >= 0.3 is 0 Å². The van der Waals surface area contributed by atoms with Crippen LogP contribution in [0.4, 0.5) is 14.6 Å². The molecule has 188 valence electrons. The highest BCUT2D eigenvalue weighted by Gasteiger charge is 2.37. The molecule has 2 aromatic heterocycles. The lowest BCUT2D eigenvalue weighted by Gasteiger charge is -2.22. The molecule has 2 N–H and O–H groups in total. The van der Waals surface area contributed by atoms with Crippen molar-refractivity contribution in [3.8, 4) is 23.3 Å². The molecule has 1 fully saturated rings. The highest BCUT2D eigenvalue weighted by molar-refractivity contribution is 5.91. The Kier molecular flexibility index (Phi) is 7.03. The zero-order chi connectivity index (χ0) is 26.0. The summed E-state index contributed by atoms with van der Waals surface area (Å²) in [6.45, 7) is 4.22. The number of fused-ring (bicyclic) bond motifs is 1. The van der Waals surface area contributed by atoms with Crippen LogP contribution in [0, 0.1) is 23.5 Å². The summed E-state index contributed by atoms with van der Waals surface area (Å²) in [5.74, 6) is 2.65. The molecule has 10 nitrogen and oxygen atoms in total.